The zero-order valence-corrected chi connectivity index (χ0v) is 12.0. The van der Waals surface area contributed by atoms with Crippen LogP contribution in [0.15, 0.2) is 0 Å². The maximum atomic E-state index is 6.17. The first kappa shape index (κ1) is 13.7. The predicted molar refractivity (Wildman–Crippen MR) is 73.7 cm³/mol. The Bertz CT molecular complexity index is 228. The molecule has 2 atom stereocenters. The van der Waals surface area contributed by atoms with Crippen molar-refractivity contribution in [3.63, 3.8) is 0 Å². The van der Waals surface area contributed by atoms with E-state index in [9.17, 15) is 0 Å². The van der Waals surface area contributed by atoms with Crippen molar-refractivity contribution in [3.8, 4) is 0 Å². The van der Waals surface area contributed by atoms with Gasteiger partial charge in [-0.25, -0.2) is 0 Å². The first-order valence-electron chi connectivity index (χ1n) is 7.01. The molecule has 2 unspecified atom stereocenters. The highest BCUT2D eigenvalue weighted by atomic mass is 32.1. The molecule has 100 valence electrons. The Hall–Kier alpha value is 0.270. The van der Waals surface area contributed by atoms with Crippen LogP contribution in [0, 0.1) is 5.41 Å². The minimum atomic E-state index is 0.347. The molecule has 1 aliphatic heterocycles. The van der Waals surface area contributed by atoms with Crippen molar-refractivity contribution in [2.24, 2.45) is 5.41 Å². The summed E-state index contributed by atoms with van der Waals surface area (Å²) in [5.41, 5.74) is 0.369. The maximum Gasteiger partial charge on any atom is 0.0624 e. The van der Waals surface area contributed by atoms with Crippen molar-refractivity contribution in [3.05, 3.63) is 0 Å². The standard InChI is InChI=1S/C14H26O2S/c1-11-7-13(8-12(2)16-11)15-9-14(10-17)5-3-4-6-14/h11-13,17H,3-10H2,1-2H3. The summed E-state index contributed by atoms with van der Waals surface area (Å²) in [6.45, 7) is 5.20. The van der Waals surface area contributed by atoms with Crippen LogP contribution in [0.4, 0.5) is 0 Å². The number of hydrogen-bond donors (Lipinski definition) is 1. The fourth-order valence-electron chi connectivity index (χ4n) is 3.25. The third kappa shape index (κ3) is 3.62. The number of rotatable bonds is 4. The highest BCUT2D eigenvalue weighted by Gasteiger charge is 2.34. The SMILES string of the molecule is CC1CC(OCC2(CS)CCCC2)CC(C)O1. The predicted octanol–water partition coefficient (Wildman–Crippen LogP) is 3.45. The third-order valence-electron chi connectivity index (χ3n) is 4.28. The molecule has 1 saturated carbocycles. The van der Waals surface area contributed by atoms with Crippen LogP contribution in [0.25, 0.3) is 0 Å². The molecular weight excluding hydrogens is 232 g/mol. The van der Waals surface area contributed by atoms with E-state index in [0.29, 0.717) is 23.7 Å². The molecule has 0 bridgehead atoms. The Morgan fingerprint density at radius 3 is 2.29 bits per heavy atom. The van der Waals surface area contributed by atoms with Crippen LogP contribution in [-0.2, 0) is 9.47 Å². The van der Waals surface area contributed by atoms with Gasteiger partial charge < -0.3 is 9.47 Å². The molecule has 2 aliphatic rings. The van der Waals surface area contributed by atoms with Gasteiger partial charge >= 0.3 is 0 Å². The van der Waals surface area contributed by atoms with Gasteiger partial charge in [0.15, 0.2) is 0 Å². The number of hydrogen-bond acceptors (Lipinski definition) is 3. The van der Waals surface area contributed by atoms with E-state index < -0.39 is 0 Å². The summed E-state index contributed by atoms with van der Waals surface area (Å²) >= 11 is 4.53. The molecule has 0 spiro atoms. The lowest BCUT2D eigenvalue weighted by molar-refractivity contribution is -0.113. The van der Waals surface area contributed by atoms with Crippen molar-refractivity contribution in [2.75, 3.05) is 12.4 Å². The van der Waals surface area contributed by atoms with Gasteiger partial charge in [-0.15, -0.1) is 0 Å². The minimum Gasteiger partial charge on any atom is -0.377 e. The van der Waals surface area contributed by atoms with E-state index in [2.05, 4.69) is 26.5 Å². The molecule has 0 amide bonds. The van der Waals surface area contributed by atoms with Gasteiger partial charge in [0.05, 0.1) is 24.9 Å². The number of ether oxygens (including phenoxy) is 2. The molecule has 3 heteroatoms. The normalized spacial score (nSPS) is 37.2. The largest absolute Gasteiger partial charge is 0.377 e. The summed E-state index contributed by atoms with van der Waals surface area (Å²) in [5, 5.41) is 0. The van der Waals surface area contributed by atoms with Crippen molar-refractivity contribution in [1.82, 2.24) is 0 Å². The fraction of sp³-hybridized carbons (Fsp3) is 1.00. The van der Waals surface area contributed by atoms with Gasteiger partial charge in [0, 0.05) is 5.41 Å². The van der Waals surface area contributed by atoms with Gasteiger partial charge in [-0.2, -0.15) is 12.6 Å². The average Bonchev–Trinajstić information content (AvgIpc) is 2.74. The molecule has 1 aliphatic carbocycles. The van der Waals surface area contributed by atoms with Crippen LogP contribution >= 0.6 is 12.6 Å². The lowest BCUT2D eigenvalue weighted by atomic mass is 9.89. The molecule has 0 radical (unpaired) electrons. The molecule has 0 aromatic heterocycles. The van der Waals surface area contributed by atoms with Crippen LogP contribution < -0.4 is 0 Å². The first-order chi connectivity index (χ1) is 8.13. The van der Waals surface area contributed by atoms with E-state index in [1.54, 1.807) is 0 Å². The lowest BCUT2D eigenvalue weighted by Gasteiger charge is -2.35. The van der Waals surface area contributed by atoms with E-state index in [1.807, 2.05) is 0 Å². The molecule has 1 heterocycles. The van der Waals surface area contributed by atoms with Gasteiger partial charge in [0.2, 0.25) is 0 Å². The molecule has 0 aromatic rings. The summed E-state index contributed by atoms with van der Waals surface area (Å²) in [4.78, 5) is 0. The molecule has 0 N–H and O–H groups in total. The zero-order chi connectivity index (χ0) is 12.3. The molecule has 2 nitrogen and oxygen atoms in total. The van der Waals surface area contributed by atoms with Crippen LogP contribution in [0.2, 0.25) is 0 Å². The summed E-state index contributed by atoms with van der Waals surface area (Å²) in [6, 6.07) is 0. The van der Waals surface area contributed by atoms with Crippen molar-refractivity contribution in [2.45, 2.75) is 70.7 Å². The average molecular weight is 258 g/mol. The van der Waals surface area contributed by atoms with Gasteiger partial charge in [-0.3, -0.25) is 0 Å². The van der Waals surface area contributed by atoms with Crippen molar-refractivity contribution < 1.29 is 9.47 Å². The van der Waals surface area contributed by atoms with Crippen molar-refractivity contribution in [1.29, 1.82) is 0 Å². The lowest BCUT2D eigenvalue weighted by Crippen LogP contribution is -2.37. The summed E-state index contributed by atoms with van der Waals surface area (Å²) in [5.74, 6) is 0.974. The van der Waals surface area contributed by atoms with E-state index in [0.717, 1.165) is 25.2 Å². The Balaban J connectivity index is 1.80. The Morgan fingerprint density at radius 2 is 1.76 bits per heavy atom. The highest BCUT2D eigenvalue weighted by Crippen LogP contribution is 2.40. The summed E-state index contributed by atoms with van der Waals surface area (Å²) < 4.78 is 11.9. The minimum absolute atomic E-state index is 0.347. The van der Waals surface area contributed by atoms with Crippen molar-refractivity contribution >= 4 is 12.6 Å². The van der Waals surface area contributed by atoms with Gasteiger partial charge in [-0.05, 0) is 45.3 Å². The second-order valence-electron chi connectivity index (χ2n) is 6.03. The maximum absolute atomic E-state index is 6.17. The topological polar surface area (TPSA) is 18.5 Å². The Kier molecular flexibility index (Phi) is 4.79. The molecule has 2 rings (SSSR count). The quantitative estimate of drug-likeness (QED) is 0.779. The Labute approximate surface area is 111 Å². The first-order valence-corrected chi connectivity index (χ1v) is 7.65. The van der Waals surface area contributed by atoms with Crippen LogP contribution in [0.5, 0.6) is 0 Å². The molecule has 1 saturated heterocycles. The van der Waals surface area contributed by atoms with E-state index >= 15 is 0 Å². The molecule has 0 aromatic carbocycles. The van der Waals surface area contributed by atoms with Crippen LogP contribution in [-0.4, -0.2) is 30.7 Å². The molecular formula is C14H26O2S. The van der Waals surface area contributed by atoms with E-state index in [1.165, 1.54) is 25.7 Å². The summed E-state index contributed by atoms with van der Waals surface area (Å²) in [7, 11) is 0. The third-order valence-corrected chi connectivity index (χ3v) is 4.95. The van der Waals surface area contributed by atoms with Gasteiger partial charge in [0.1, 0.15) is 0 Å². The molecule has 2 fully saturated rings. The van der Waals surface area contributed by atoms with Gasteiger partial charge in [-0.1, -0.05) is 12.8 Å². The zero-order valence-electron chi connectivity index (χ0n) is 11.2. The summed E-state index contributed by atoms with van der Waals surface area (Å²) in [6.07, 6.45) is 8.48. The molecule has 17 heavy (non-hydrogen) atoms. The van der Waals surface area contributed by atoms with Crippen LogP contribution in [0.1, 0.15) is 52.4 Å². The second kappa shape index (κ2) is 5.94. The Morgan fingerprint density at radius 1 is 1.18 bits per heavy atom. The van der Waals surface area contributed by atoms with E-state index in [-0.39, 0.29) is 0 Å². The monoisotopic (exact) mass is 258 g/mol. The van der Waals surface area contributed by atoms with E-state index in [4.69, 9.17) is 9.47 Å². The smallest absolute Gasteiger partial charge is 0.0624 e. The van der Waals surface area contributed by atoms with Crippen LogP contribution in [0.3, 0.4) is 0 Å². The highest BCUT2D eigenvalue weighted by molar-refractivity contribution is 7.80. The fourth-order valence-corrected chi connectivity index (χ4v) is 3.66. The number of thiol groups is 1. The second-order valence-corrected chi connectivity index (χ2v) is 6.34. The van der Waals surface area contributed by atoms with Gasteiger partial charge in [0.25, 0.3) is 0 Å².